The van der Waals surface area contributed by atoms with E-state index in [-0.39, 0.29) is 0 Å². The third-order valence-electron chi connectivity index (χ3n) is 3.94. The highest BCUT2D eigenvalue weighted by Gasteiger charge is 2.14. The summed E-state index contributed by atoms with van der Waals surface area (Å²) in [5, 5.41) is 10.1. The SMILES string of the molecule is Cc1ccc(C)c(OCC(O)CN2CCCCCC2)c1. The van der Waals surface area contributed by atoms with Gasteiger partial charge in [-0.05, 0) is 57.0 Å². The van der Waals surface area contributed by atoms with Crippen LogP contribution in [0.4, 0.5) is 0 Å². The van der Waals surface area contributed by atoms with Gasteiger partial charge in [0.2, 0.25) is 0 Å². The molecule has 0 saturated carbocycles. The number of rotatable bonds is 5. The second-order valence-corrected chi connectivity index (χ2v) is 5.95. The summed E-state index contributed by atoms with van der Waals surface area (Å²) in [4.78, 5) is 2.37. The van der Waals surface area contributed by atoms with Crippen molar-refractivity contribution < 1.29 is 9.84 Å². The maximum Gasteiger partial charge on any atom is 0.122 e. The molecule has 0 amide bonds. The third kappa shape index (κ3) is 4.80. The Bertz CT molecular complexity index is 411. The largest absolute Gasteiger partial charge is 0.491 e. The first-order valence-corrected chi connectivity index (χ1v) is 7.75. The Morgan fingerprint density at radius 1 is 1.15 bits per heavy atom. The van der Waals surface area contributed by atoms with Crippen molar-refractivity contribution in [1.29, 1.82) is 0 Å². The highest BCUT2D eigenvalue weighted by Crippen LogP contribution is 2.19. The van der Waals surface area contributed by atoms with Crippen LogP contribution in [0, 0.1) is 13.8 Å². The van der Waals surface area contributed by atoms with Gasteiger partial charge in [0.05, 0.1) is 0 Å². The molecule has 3 nitrogen and oxygen atoms in total. The monoisotopic (exact) mass is 277 g/mol. The van der Waals surface area contributed by atoms with Gasteiger partial charge < -0.3 is 14.7 Å². The number of hydrogen-bond acceptors (Lipinski definition) is 3. The van der Waals surface area contributed by atoms with E-state index < -0.39 is 6.10 Å². The van der Waals surface area contributed by atoms with Gasteiger partial charge in [-0.2, -0.15) is 0 Å². The molecule has 2 rings (SSSR count). The molecule has 0 spiro atoms. The van der Waals surface area contributed by atoms with Crippen LogP contribution in [0.25, 0.3) is 0 Å². The molecule has 1 saturated heterocycles. The molecule has 20 heavy (non-hydrogen) atoms. The predicted molar refractivity (Wildman–Crippen MR) is 82.3 cm³/mol. The van der Waals surface area contributed by atoms with E-state index >= 15 is 0 Å². The summed E-state index contributed by atoms with van der Waals surface area (Å²) in [6.45, 7) is 7.42. The second kappa shape index (κ2) is 7.65. The standard InChI is InChI=1S/C17H27NO2/c1-14-7-8-15(2)17(11-14)20-13-16(19)12-18-9-5-3-4-6-10-18/h7-8,11,16,19H,3-6,9-10,12-13H2,1-2H3. The molecule has 0 radical (unpaired) electrons. The van der Waals surface area contributed by atoms with Crippen LogP contribution in [-0.2, 0) is 0 Å². The lowest BCUT2D eigenvalue weighted by atomic mass is 10.1. The van der Waals surface area contributed by atoms with Gasteiger partial charge in [-0.3, -0.25) is 0 Å². The maximum atomic E-state index is 10.1. The molecule has 1 atom stereocenters. The number of β-amino-alcohol motifs (C(OH)–C–C–N with tert-alkyl or cyclic N) is 1. The van der Waals surface area contributed by atoms with Crippen molar-refractivity contribution in [1.82, 2.24) is 4.90 Å². The van der Waals surface area contributed by atoms with Crippen LogP contribution in [0.3, 0.4) is 0 Å². The number of nitrogens with zero attached hydrogens (tertiary/aromatic N) is 1. The zero-order valence-corrected chi connectivity index (χ0v) is 12.8. The molecule has 3 heteroatoms. The summed E-state index contributed by atoms with van der Waals surface area (Å²) in [7, 11) is 0. The predicted octanol–water partition coefficient (Wildman–Crippen LogP) is 2.92. The Hall–Kier alpha value is -1.06. The van der Waals surface area contributed by atoms with Gasteiger partial charge in [0.25, 0.3) is 0 Å². The molecule has 1 N–H and O–H groups in total. The van der Waals surface area contributed by atoms with E-state index in [1.807, 2.05) is 13.0 Å². The summed E-state index contributed by atoms with van der Waals surface area (Å²) in [5.41, 5.74) is 2.31. The summed E-state index contributed by atoms with van der Waals surface area (Å²) in [6.07, 6.45) is 4.75. The van der Waals surface area contributed by atoms with Crippen LogP contribution >= 0.6 is 0 Å². The molecule has 0 bridgehead atoms. The molecule has 1 heterocycles. The van der Waals surface area contributed by atoms with E-state index in [0.717, 1.165) is 30.9 Å². The van der Waals surface area contributed by atoms with E-state index in [1.54, 1.807) is 0 Å². The summed E-state index contributed by atoms with van der Waals surface area (Å²) in [6, 6.07) is 6.18. The number of aliphatic hydroxyl groups excluding tert-OH is 1. The summed E-state index contributed by atoms with van der Waals surface area (Å²) >= 11 is 0. The van der Waals surface area contributed by atoms with Gasteiger partial charge in [0.1, 0.15) is 18.5 Å². The number of ether oxygens (including phenoxy) is 1. The van der Waals surface area contributed by atoms with Crippen LogP contribution in [-0.4, -0.2) is 42.4 Å². The minimum absolute atomic E-state index is 0.376. The number of aryl methyl sites for hydroxylation is 2. The molecule has 1 aromatic rings. The lowest BCUT2D eigenvalue weighted by Crippen LogP contribution is -2.36. The van der Waals surface area contributed by atoms with E-state index in [2.05, 4.69) is 24.0 Å². The van der Waals surface area contributed by atoms with Crippen molar-refractivity contribution >= 4 is 0 Å². The lowest BCUT2D eigenvalue weighted by molar-refractivity contribution is 0.0691. The van der Waals surface area contributed by atoms with Gasteiger partial charge in [-0.1, -0.05) is 25.0 Å². The Balaban J connectivity index is 1.79. The molecular formula is C17H27NO2. The van der Waals surface area contributed by atoms with Crippen molar-refractivity contribution in [3.63, 3.8) is 0 Å². The molecule has 1 fully saturated rings. The van der Waals surface area contributed by atoms with Crippen LogP contribution in [0.1, 0.15) is 36.8 Å². The molecular weight excluding hydrogens is 250 g/mol. The smallest absolute Gasteiger partial charge is 0.122 e. The zero-order chi connectivity index (χ0) is 14.4. The van der Waals surface area contributed by atoms with Crippen molar-refractivity contribution in [2.24, 2.45) is 0 Å². The fourth-order valence-electron chi connectivity index (χ4n) is 2.72. The fraction of sp³-hybridized carbons (Fsp3) is 0.647. The first-order valence-electron chi connectivity index (χ1n) is 7.75. The Labute approximate surface area is 122 Å². The molecule has 1 unspecified atom stereocenters. The van der Waals surface area contributed by atoms with E-state index in [0.29, 0.717) is 6.61 Å². The minimum atomic E-state index is -0.409. The van der Waals surface area contributed by atoms with Crippen LogP contribution in [0.15, 0.2) is 18.2 Å². The Morgan fingerprint density at radius 2 is 1.85 bits per heavy atom. The van der Waals surface area contributed by atoms with Gasteiger partial charge in [0.15, 0.2) is 0 Å². The van der Waals surface area contributed by atoms with Crippen molar-refractivity contribution in [3.8, 4) is 5.75 Å². The highest BCUT2D eigenvalue weighted by molar-refractivity contribution is 5.35. The normalized spacial score (nSPS) is 18.6. The van der Waals surface area contributed by atoms with Gasteiger partial charge in [0, 0.05) is 6.54 Å². The number of hydrogen-bond donors (Lipinski definition) is 1. The fourth-order valence-corrected chi connectivity index (χ4v) is 2.72. The van der Waals surface area contributed by atoms with Gasteiger partial charge in [-0.15, -0.1) is 0 Å². The number of likely N-dealkylation sites (tertiary alicyclic amines) is 1. The molecule has 0 aliphatic carbocycles. The first kappa shape index (κ1) is 15.3. The Kier molecular flexibility index (Phi) is 5.86. The van der Waals surface area contributed by atoms with Crippen LogP contribution in [0.5, 0.6) is 5.75 Å². The lowest BCUT2D eigenvalue weighted by Gasteiger charge is -2.23. The van der Waals surface area contributed by atoms with Crippen LogP contribution in [0.2, 0.25) is 0 Å². The molecule has 1 aliphatic rings. The second-order valence-electron chi connectivity index (χ2n) is 5.95. The highest BCUT2D eigenvalue weighted by atomic mass is 16.5. The van der Waals surface area contributed by atoms with Crippen molar-refractivity contribution in [2.45, 2.75) is 45.6 Å². The molecule has 1 aliphatic heterocycles. The Morgan fingerprint density at radius 3 is 2.55 bits per heavy atom. The number of aliphatic hydroxyl groups is 1. The first-order chi connectivity index (χ1) is 9.65. The van der Waals surface area contributed by atoms with E-state index in [4.69, 9.17) is 4.74 Å². The average molecular weight is 277 g/mol. The quantitative estimate of drug-likeness (QED) is 0.898. The van der Waals surface area contributed by atoms with E-state index in [9.17, 15) is 5.11 Å². The van der Waals surface area contributed by atoms with Gasteiger partial charge >= 0.3 is 0 Å². The topological polar surface area (TPSA) is 32.7 Å². The molecule has 1 aromatic carbocycles. The average Bonchev–Trinajstić information content (AvgIpc) is 2.68. The van der Waals surface area contributed by atoms with E-state index in [1.165, 1.54) is 31.2 Å². The zero-order valence-electron chi connectivity index (χ0n) is 12.8. The summed E-state index contributed by atoms with van der Waals surface area (Å²) in [5.74, 6) is 0.889. The molecule has 112 valence electrons. The number of benzene rings is 1. The minimum Gasteiger partial charge on any atom is -0.491 e. The van der Waals surface area contributed by atoms with Crippen molar-refractivity contribution in [2.75, 3.05) is 26.2 Å². The third-order valence-corrected chi connectivity index (χ3v) is 3.94. The van der Waals surface area contributed by atoms with Crippen molar-refractivity contribution in [3.05, 3.63) is 29.3 Å². The maximum absolute atomic E-state index is 10.1. The van der Waals surface area contributed by atoms with Gasteiger partial charge in [-0.25, -0.2) is 0 Å². The molecule has 0 aromatic heterocycles. The van der Waals surface area contributed by atoms with Crippen LogP contribution < -0.4 is 4.74 Å². The summed E-state index contributed by atoms with van der Waals surface area (Å²) < 4.78 is 5.78.